The lowest BCUT2D eigenvalue weighted by Gasteiger charge is -2.19. The maximum Gasteiger partial charge on any atom is 0.261 e. The van der Waals surface area contributed by atoms with Crippen LogP contribution in [0.25, 0.3) is 5.57 Å². The highest BCUT2D eigenvalue weighted by molar-refractivity contribution is 7.92. The lowest BCUT2D eigenvalue weighted by Crippen LogP contribution is -2.15. The van der Waals surface area contributed by atoms with Gasteiger partial charge in [0.1, 0.15) is 11.5 Å². The highest BCUT2D eigenvalue weighted by Crippen LogP contribution is 2.38. The van der Waals surface area contributed by atoms with Crippen LogP contribution >= 0.6 is 0 Å². The van der Waals surface area contributed by atoms with Crippen molar-refractivity contribution >= 4 is 27.1 Å². The number of hydrogen-bond acceptors (Lipinski definition) is 5. The van der Waals surface area contributed by atoms with E-state index >= 15 is 0 Å². The summed E-state index contributed by atoms with van der Waals surface area (Å²) in [6.45, 7) is 5.82. The third-order valence-electron chi connectivity index (χ3n) is 4.01. The number of aliphatic hydroxyl groups excluding tert-OH is 1. The van der Waals surface area contributed by atoms with E-state index in [4.69, 9.17) is 0 Å². The second-order valence-electron chi connectivity index (χ2n) is 6.02. The molecule has 0 aromatic heterocycles. The number of benzene rings is 2. The van der Waals surface area contributed by atoms with Crippen molar-refractivity contribution in [1.29, 1.82) is 0 Å². The first-order chi connectivity index (χ1) is 12.1. The molecule has 0 aliphatic carbocycles. The van der Waals surface area contributed by atoms with Gasteiger partial charge in [0, 0.05) is 5.56 Å². The van der Waals surface area contributed by atoms with E-state index in [-0.39, 0.29) is 33.2 Å². The highest BCUT2D eigenvalue weighted by atomic mass is 32.2. The lowest BCUT2D eigenvalue weighted by molar-refractivity contribution is -0.111. The van der Waals surface area contributed by atoms with Crippen molar-refractivity contribution in [2.75, 3.05) is 4.72 Å². The minimum absolute atomic E-state index is 0.0554. The van der Waals surface area contributed by atoms with Crippen LogP contribution in [0.1, 0.15) is 30.5 Å². The van der Waals surface area contributed by atoms with Gasteiger partial charge < -0.3 is 10.2 Å². The number of carbonyl (C=O) groups is 1. The van der Waals surface area contributed by atoms with E-state index in [1.165, 1.54) is 32.0 Å². The molecule has 0 saturated heterocycles. The largest absolute Gasteiger partial charge is 0.512 e. The van der Waals surface area contributed by atoms with Gasteiger partial charge in [-0.1, -0.05) is 18.2 Å². The predicted molar refractivity (Wildman–Crippen MR) is 101 cm³/mol. The molecule has 6 nitrogen and oxygen atoms in total. The van der Waals surface area contributed by atoms with Gasteiger partial charge in [0.15, 0.2) is 5.78 Å². The minimum Gasteiger partial charge on any atom is -0.512 e. The predicted octanol–water partition coefficient (Wildman–Crippen LogP) is 3.69. The van der Waals surface area contributed by atoms with Crippen LogP contribution in [0.5, 0.6) is 5.75 Å². The van der Waals surface area contributed by atoms with Gasteiger partial charge in [-0.25, -0.2) is 8.42 Å². The van der Waals surface area contributed by atoms with E-state index in [1.807, 2.05) is 0 Å². The molecular formula is C19H21NO5S. The summed E-state index contributed by atoms with van der Waals surface area (Å²) >= 11 is 0. The van der Waals surface area contributed by atoms with Crippen molar-refractivity contribution in [3.8, 4) is 5.75 Å². The van der Waals surface area contributed by atoms with E-state index in [0.717, 1.165) is 0 Å². The fraction of sp³-hybridized carbons (Fsp3) is 0.211. The van der Waals surface area contributed by atoms with Crippen LogP contribution in [0.15, 0.2) is 47.1 Å². The molecule has 0 atom stereocenters. The third-order valence-corrected chi connectivity index (χ3v) is 5.37. The van der Waals surface area contributed by atoms with Gasteiger partial charge in [0.25, 0.3) is 10.0 Å². The van der Waals surface area contributed by atoms with Crippen LogP contribution in [0.4, 0.5) is 5.69 Å². The van der Waals surface area contributed by atoms with Gasteiger partial charge in [-0.05, 0) is 57.0 Å². The molecule has 0 unspecified atom stereocenters. The Balaban J connectivity index is 2.67. The van der Waals surface area contributed by atoms with Crippen molar-refractivity contribution in [1.82, 2.24) is 0 Å². The van der Waals surface area contributed by atoms with Gasteiger partial charge in [-0.15, -0.1) is 0 Å². The molecule has 0 fully saturated rings. The summed E-state index contributed by atoms with van der Waals surface area (Å²) in [5, 5.41) is 20.2. The van der Waals surface area contributed by atoms with E-state index in [9.17, 15) is 23.4 Å². The number of rotatable bonds is 5. The number of Topliss-reactive ketones (excluding diaryl/α,β-unsaturated/α-hetero) is 1. The van der Waals surface area contributed by atoms with Crippen LogP contribution < -0.4 is 4.72 Å². The van der Waals surface area contributed by atoms with Gasteiger partial charge in [0.2, 0.25) is 0 Å². The first-order valence-corrected chi connectivity index (χ1v) is 9.36. The summed E-state index contributed by atoms with van der Waals surface area (Å²) in [5.41, 5.74) is 1.14. The number of ketones is 1. The van der Waals surface area contributed by atoms with Gasteiger partial charge in [-0.3, -0.25) is 9.52 Å². The number of aryl methyl sites for hydroxylation is 1. The monoisotopic (exact) mass is 375 g/mol. The minimum atomic E-state index is -3.85. The molecule has 0 bridgehead atoms. The van der Waals surface area contributed by atoms with E-state index in [1.54, 1.807) is 32.0 Å². The van der Waals surface area contributed by atoms with Crippen molar-refractivity contribution in [2.45, 2.75) is 32.6 Å². The number of aliphatic hydroxyl groups is 1. The number of aromatic hydroxyl groups is 1. The van der Waals surface area contributed by atoms with Crippen LogP contribution in [-0.4, -0.2) is 24.4 Å². The molecule has 3 N–H and O–H groups in total. The first kappa shape index (κ1) is 19.5. The number of allylic oxidation sites excluding steroid dienone is 2. The molecule has 0 radical (unpaired) electrons. The zero-order chi connectivity index (χ0) is 19.6. The zero-order valence-electron chi connectivity index (χ0n) is 15.0. The summed E-state index contributed by atoms with van der Waals surface area (Å²) in [6, 6.07) is 9.23. The van der Waals surface area contributed by atoms with Gasteiger partial charge in [0.05, 0.1) is 16.2 Å². The molecule has 2 aromatic rings. The summed E-state index contributed by atoms with van der Waals surface area (Å²) in [5.74, 6) is -0.901. The first-order valence-electron chi connectivity index (χ1n) is 7.88. The van der Waals surface area contributed by atoms with E-state index < -0.39 is 15.8 Å². The Morgan fingerprint density at radius 3 is 2.15 bits per heavy atom. The lowest BCUT2D eigenvalue weighted by atomic mass is 9.93. The molecule has 2 rings (SSSR count). The topological polar surface area (TPSA) is 104 Å². The van der Waals surface area contributed by atoms with Crippen molar-refractivity contribution in [2.24, 2.45) is 0 Å². The Kier molecular flexibility index (Phi) is 5.41. The molecule has 7 heteroatoms. The summed E-state index contributed by atoms with van der Waals surface area (Å²) in [7, 11) is -3.85. The number of sulfonamides is 1. The molecule has 26 heavy (non-hydrogen) atoms. The SMILES string of the molecule is CC(=O)C(=C(C)O)c1c(O)cc(C)c(NS(=O)(=O)c2ccccc2)c1C. The van der Waals surface area contributed by atoms with Crippen LogP contribution in [0, 0.1) is 13.8 Å². The Bertz CT molecular complexity index is 988. The van der Waals surface area contributed by atoms with E-state index in [0.29, 0.717) is 11.1 Å². The quantitative estimate of drug-likeness (QED) is 0.420. The van der Waals surface area contributed by atoms with Crippen LogP contribution in [-0.2, 0) is 14.8 Å². The average Bonchev–Trinajstić information content (AvgIpc) is 2.55. The van der Waals surface area contributed by atoms with Gasteiger partial charge in [-0.2, -0.15) is 0 Å². The Morgan fingerprint density at radius 1 is 1.08 bits per heavy atom. The van der Waals surface area contributed by atoms with E-state index in [2.05, 4.69) is 4.72 Å². The number of hydrogen-bond donors (Lipinski definition) is 3. The number of nitrogens with one attached hydrogen (secondary N) is 1. The Morgan fingerprint density at radius 2 is 1.65 bits per heavy atom. The zero-order valence-corrected chi connectivity index (χ0v) is 15.8. The van der Waals surface area contributed by atoms with Crippen LogP contribution in [0.2, 0.25) is 0 Å². The summed E-state index contributed by atoms with van der Waals surface area (Å²) in [6.07, 6.45) is 0. The Labute approximate surface area is 152 Å². The average molecular weight is 375 g/mol. The van der Waals surface area contributed by atoms with Crippen molar-refractivity contribution < 1.29 is 23.4 Å². The second kappa shape index (κ2) is 7.21. The smallest absolute Gasteiger partial charge is 0.261 e. The molecule has 0 amide bonds. The molecule has 0 heterocycles. The standard InChI is InChI=1S/C19H21NO5S/c1-11-10-16(23)17(18(13(3)21)14(4)22)12(2)19(11)20-26(24,25)15-8-6-5-7-9-15/h5-10,20-21,23H,1-4H3. The summed E-state index contributed by atoms with van der Waals surface area (Å²) < 4.78 is 27.8. The fourth-order valence-corrected chi connectivity index (χ4v) is 4.06. The second-order valence-corrected chi connectivity index (χ2v) is 7.71. The molecule has 2 aromatic carbocycles. The normalized spacial score (nSPS) is 12.5. The molecule has 138 valence electrons. The fourth-order valence-electron chi connectivity index (χ4n) is 2.84. The number of carbonyl (C=O) groups excluding carboxylic acids is 1. The van der Waals surface area contributed by atoms with Gasteiger partial charge >= 0.3 is 0 Å². The Hall–Kier alpha value is -2.80. The number of anilines is 1. The highest BCUT2D eigenvalue weighted by Gasteiger charge is 2.24. The van der Waals surface area contributed by atoms with Crippen LogP contribution in [0.3, 0.4) is 0 Å². The molecular weight excluding hydrogens is 354 g/mol. The summed E-state index contributed by atoms with van der Waals surface area (Å²) in [4.78, 5) is 12.0. The van der Waals surface area contributed by atoms with Crippen molar-refractivity contribution in [3.63, 3.8) is 0 Å². The number of phenols is 1. The van der Waals surface area contributed by atoms with Crippen molar-refractivity contribution in [3.05, 3.63) is 58.8 Å². The third kappa shape index (κ3) is 3.72. The maximum absolute atomic E-state index is 12.6. The molecule has 0 aliphatic heterocycles. The molecule has 0 aliphatic rings. The maximum atomic E-state index is 12.6. The molecule has 0 spiro atoms. The molecule has 0 saturated carbocycles. The number of phenolic OH excluding ortho intramolecular Hbond substituents is 1.